The van der Waals surface area contributed by atoms with Crippen LogP contribution in [-0.2, 0) is 26.4 Å². The molecule has 1 fully saturated rings. The van der Waals surface area contributed by atoms with Crippen molar-refractivity contribution in [3.63, 3.8) is 0 Å². The molecule has 11 nitrogen and oxygen atoms in total. The van der Waals surface area contributed by atoms with Gasteiger partial charge in [0.2, 0.25) is 10.0 Å². The second-order valence-corrected chi connectivity index (χ2v) is 12.4. The zero-order chi connectivity index (χ0) is 26.8. The fourth-order valence-electron chi connectivity index (χ4n) is 4.48. The minimum atomic E-state index is -3.89. The van der Waals surface area contributed by atoms with Crippen molar-refractivity contribution >= 4 is 37.0 Å². The van der Waals surface area contributed by atoms with Crippen LogP contribution in [0.2, 0.25) is 0 Å². The monoisotopic (exact) mass is 552 g/mol. The van der Waals surface area contributed by atoms with Crippen molar-refractivity contribution in [2.75, 3.05) is 37.5 Å². The van der Waals surface area contributed by atoms with Crippen LogP contribution >= 0.6 is 0 Å². The van der Waals surface area contributed by atoms with Crippen molar-refractivity contribution in [1.29, 1.82) is 0 Å². The molecule has 0 atom stereocenters. The Hall–Kier alpha value is -2.87. The number of benzene rings is 2. The molecule has 37 heavy (non-hydrogen) atoms. The molecule has 0 unspecified atom stereocenters. The van der Waals surface area contributed by atoms with Crippen molar-refractivity contribution in [3.05, 3.63) is 35.9 Å². The zero-order valence-electron chi connectivity index (χ0n) is 21.1. The van der Waals surface area contributed by atoms with Crippen molar-refractivity contribution < 1.29 is 30.7 Å². The van der Waals surface area contributed by atoms with E-state index in [-0.39, 0.29) is 40.5 Å². The third-order valence-electron chi connectivity index (χ3n) is 6.08. The van der Waals surface area contributed by atoms with Gasteiger partial charge in [0.05, 0.1) is 18.1 Å². The average Bonchev–Trinajstić information content (AvgIpc) is 3.25. The predicted molar refractivity (Wildman–Crippen MR) is 139 cm³/mol. The van der Waals surface area contributed by atoms with E-state index in [9.17, 15) is 16.8 Å². The zero-order valence-corrected chi connectivity index (χ0v) is 22.7. The highest BCUT2D eigenvalue weighted by Crippen LogP contribution is 2.37. The van der Waals surface area contributed by atoms with E-state index in [0.717, 1.165) is 37.8 Å². The molecule has 0 radical (unpaired) electrons. The Morgan fingerprint density at radius 2 is 1.68 bits per heavy atom. The normalized spacial score (nSPS) is 15.1. The highest BCUT2D eigenvalue weighted by Gasteiger charge is 2.28. The number of nitrogens with two attached hydrogens (primary N) is 1. The van der Waals surface area contributed by atoms with Crippen LogP contribution in [0.5, 0.6) is 11.5 Å². The molecule has 3 N–H and O–H groups in total. The molecule has 2 heterocycles. The highest BCUT2D eigenvalue weighted by molar-refractivity contribution is 7.91. The number of rotatable bonds is 10. The van der Waals surface area contributed by atoms with Gasteiger partial charge in [0.25, 0.3) is 6.01 Å². The number of nitrogens with zero attached hydrogens (tertiary/aromatic N) is 2. The molecule has 4 rings (SSSR count). The van der Waals surface area contributed by atoms with E-state index in [2.05, 4.69) is 10.3 Å². The van der Waals surface area contributed by atoms with Gasteiger partial charge in [0, 0.05) is 18.8 Å². The van der Waals surface area contributed by atoms with Gasteiger partial charge in [-0.05, 0) is 75.7 Å². The first-order chi connectivity index (χ1) is 17.5. The Balaban J connectivity index is 1.80. The van der Waals surface area contributed by atoms with Gasteiger partial charge >= 0.3 is 0 Å². The molecular formula is C24H32N4O7S2. The second-order valence-electron chi connectivity index (χ2n) is 8.84. The SMILES string of the molecule is CCOc1cc(CN(c2nc3cc(S(N)(=O)=O)ccc3o2)C2CCNCC2)cc(OCC)c1S(C)(=O)=O. The smallest absolute Gasteiger partial charge is 0.298 e. The van der Waals surface area contributed by atoms with E-state index in [0.29, 0.717) is 23.7 Å². The van der Waals surface area contributed by atoms with E-state index in [1.165, 1.54) is 18.2 Å². The summed E-state index contributed by atoms with van der Waals surface area (Å²) in [5.74, 6) is 0.457. The van der Waals surface area contributed by atoms with E-state index >= 15 is 0 Å². The maximum atomic E-state index is 12.6. The topological polar surface area (TPSA) is 154 Å². The number of piperidine rings is 1. The third-order valence-corrected chi connectivity index (χ3v) is 8.13. The third kappa shape index (κ3) is 6.17. The molecule has 13 heteroatoms. The van der Waals surface area contributed by atoms with Gasteiger partial charge in [0.1, 0.15) is 17.0 Å². The number of nitrogens with one attached hydrogen (secondary N) is 1. The minimum absolute atomic E-state index is 0.0192. The summed E-state index contributed by atoms with van der Waals surface area (Å²) in [5, 5.41) is 8.63. The van der Waals surface area contributed by atoms with Crippen molar-refractivity contribution in [1.82, 2.24) is 10.3 Å². The summed E-state index contributed by atoms with van der Waals surface area (Å²) < 4.78 is 66.3. The van der Waals surface area contributed by atoms with Crippen LogP contribution in [0.25, 0.3) is 11.1 Å². The molecule has 1 aromatic heterocycles. The molecule has 0 spiro atoms. The van der Waals surface area contributed by atoms with Crippen LogP contribution in [0, 0.1) is 0 Å². The summed E-state index contributed by atoms with van der Waals surface area (Å²) in [4.78, 5) is 6.58. The molecule has 1 aliphatic heterocycles. The molecule has 1 aliphatic rings. The number of hydrogen-bond acceptors (Lipinski definition) is 10. The van der Waals surface area contributed by atoms with Crippen LogP contribution in [0.1, 0.15) is 32.3 Å². The van der Waals surface area contributed by atoms with E-state index in [4.69, 9.17) is 19.0 Å². The van der Waals surface area contributed by atoms with Crippen LogP contribution in [0.3, 0.4) is 0 Å². The van der Waals surface area contributed by atoms with E-state index in [1.807, 2.05) is 4.90 Å². The Labute approximate surface area is 216 Å². The van der Waals surface area contributed by atoms with Gasteiger partial charge < -0.3 is 24.1 Å². The number of sulfonamides is 1. The predicted octanol–water partition coefficient (Wildman–Crippen LogP) is 2.43. The van der Waals surface area contributed by atoms with Crippen LogP contribution in [0.15, 0.2) is 44.5 Å². The Bertz CT molecular complexity index is 1450. The summed E-state index contributed by atoms with van der Waals surface area (Å²) in [6, 6.07) is 8.13. The summed E-state index contributed by atoms with van der Waals surface area (Å²) in [7, 11) is -7.51. The van der Waals surface area contributed by atoms with Gasteiger partial charge in [0.15, 0.2) is 20.3 Å². The largest absolute Gasteiger partial charge is 0.492 e. The lowest BCUT2D eigenvalue weighted by Gasteiger charge is -2.33. The molecule has 0 amide bonds. The number of anilines is 1. The number of fused-ring (bicyclic) bond motifs is 1. The first kappa shape index (κ1) is 27.2. The number of primary sulfonamides is 1. The standard InChI is InChI=1S/C24H32N4O7S2/c1-4-33-21-12-16(13-22(34-5-2)23(21)36(3,29)30)15-28(17-8-10-26-11-9-17)24-27-19-14-18(37(25,31)32)6-7-20(19)35-24/h6-7,12-14,17,26H,4-5,8-11,15H2,1-3H3,(H2,25,31,32). The highest BCUT2D eigenvalue weighted by atomic mass is 32.2. The lowest BCUT2D eigenvalue weighted by molar-refractivity contribution is 0.306. The lowest BCUT2D eigenvalue weighted by Crippen LogP contribution is -2.43. The molecule has 202 valence electrons. The minimum Gasteiger partial charge on any atom is -0.492 e. The summed E-state index contributed by atoms with van der Waals surface area (Å²) in [6.07, 6.45) is 2.79. The van der Waals surface area contributed by atoms with Crippen LogP contribution in [0.4, 0.5) is 6.01 Å². The second kappa shape index (κ2) is 10.9. The summed E-state index contributed by atoms with van der Waals surface area (Å²) in [6.45, 7) is 6.11. The molecule has 0 bridgehead atoms. The summed E-state index contributed by atoms with van der Waals surface area (Å²) >= 11 is 0. The summed E-state index contributed by atoms with van der Waals surface area (Å²) in [5.41, 5.74) is 1.56. The Morgan fingerprint density at radius 3 is 2.22 bits per heavy atom. The van der Waals surface area contributed by atoms with Gasteiger partial charge in [-0.2, -0.15) is 4.98 Å². The quantitative estimate of drug-likeness (QED) is 0.383. The molecule has 0 saturated carbocycles. The Kier molecular flexibility index (Phi) is 7.97. The Morgan fingerprint density at radius 1 is 1.05 bits per heavy atom. The van der Waals surface area contributed by atoms with Crippen LogP contribution in [-0.4, -0.2) is 60.4 Å². The molecule has 1 saturated heterocycles. The van der Waals surface area contributed by atoms with E-state index in [1.54, 1.807) is 26.0 Å². The fourth-order valence-corrected chi connectivity index (χ4v) is 5.98. The number of sulfone groups is 1. The van der Waals surface area contributed by atoms with E-state index < -0.39 is 19.9 Å². The molecule has 3 aromatic rings. The number of hydrogen-bond donors (Lipinski definition) is 2. The maximum absolute atomic E-state index is 12.6. The van der Waals surface area contributed by atoms with Crippen molar-refractivity contribution in [3.8, 4) is 11.5 Å². The number of ether oxygens (including phenoxy) is 2. The first-order valence-corrected chi connectivity index (χ1v) is 15.5. The lowest BCUT2D eigenvalue weighted by atomic mass is 10.0. The molecular weight excluding hydrogens is 520 g/mol. The van der Waals surface area contributed by atoms with Gasteiger partial charge in [-0.15, -0.1) is 0 Å². The molecule has 2 aromatic carbocycles. The van der Waals surface area contributed by atoms with Gasteiger partial charge in [-0.3, -0.25) is 0 Å². The maximum Gasteiger partial charge on any atom is 0.298 e. The average molecular weight is 553 g/mol. The van der Waals surface area contributed by atoms with Crippen LogP contribution < -0.4 is 24.8 Å². The number of aromatic nitrogens is 1. The van der Waals surface area contributed by atoms with Gasteiger partial charge in [-0.25, -0.2) is 22.0 Å². The van der Waals surface area contributed by atoms with Crippen molar-refractivity contribution in [2.45, 2.75) is 49.1 Å². The number of oxazole rings is 1. The fraction of sp³-hybridized carbons (Fsp3) is 0.458. The molecule has 0 aliphatic carbocycles. The van der Waals surface area contributed by atoms with Gasteiger partial charge in [-0.1, -0.05) is 0 Å². The van der Waals surface area contributed by atoms with Crippen molar-refractivity contribution in [2.24, 2.45) is 5.14 Å². The first-order valence-electron chi connectivity index (χ1n) is 12.0.